The Morgan fingerprint density at radius 3 is 3.18 bits per heavy atom. The van der Waals surface area contributed by atoms with Gasteiger partial charge in [-0.05, 0) is 19.1 Å². The summed E-state index contributed by atoms with van der Waals surface area (Å²) in [7, 11) is 0. The van der Waals surface area contributed by atoms with Gasteiger partial charge in [-0.25, -0.2) is 9.98 Å². The maximum absolute atomic E-state index is 4.44. The molecule has 2 nitrogen and oxygen atoms in total. The van der Waals surface area contributed by atoms with E-state index >= 15 is 0 Å². The number of aryl methyl sites for hydroxylation is 1. The highest BCUT2D eigenvalue weighted by atomic mass is 32.1. The van der Waals surface area contributed by atoms with Gasteiger partial charge < -0.3 is 0 Å². The molecule has 0 aromatic carbocycles. The van der Waals surface area contributed by atoms with E-state index in [4.69, 9.17) is 0 Å². The summed E-state index contributed by atoms with van der Waals surface area (Å²) in [6.07, 6.45) is 0.869. The second-order valence-electron chi connectivity index (χ2n) is 2.08. The highest BCUT2D eigenvalue weighted by Crippen LogP contribution is 2.07. The second kappa shape index (κ2) is 4.34. The molecule has 0 aliphatic heterocycles. The number of thiazole rings is 1. The summed E-state index contributed by atoms with van der Waals surface area (Å²) in [5.74, 6) is 0. The van der Waals surface area contributed by atoms with Crippen molar-refractivity contribution in [3.63, 3.8) is 0 Å². The van der Waals surface area contributed by atoms with Gasteiger partial charge in [-0.3, -0.25) is 0 Å². The molecule has 1 heterocycles. The zero-order valence-corrected chi connectivity index (χ0v) is 7.84. The van der Waals surface area contributed by atoms with Gasteiger partial charge in [0.25, 0.3) is 0 Å². The highest BCUT2D eigenvalue weighted by molar-refractivity contribution is 7.78. The lowest BCUT2D eigenvalue weighted by Gasteiger charge is -1.86. The molecule has 0 amide bonds. The molecule has 1 aromatic rings. The first-order chi connectivity index (χ1) is 5.33. The largest absolute Gasteiger partial charge is 0.247 e. The van der Waals surface area contributed by atoms with Crippen LogP contribution in [0.4, 0.5) is 0 Å². The van der Waals surface area contributed by atoms with Gasteiger partial charge in [-0.1, -0.05) is 0 Å². The molecule has 0 aliphatic carbocycles. The summed E-state index contributed by atoms with van der Waals surface area (Å²) in [4.78, 5) is 8.08. The summed E-state index contributed by atoms with van der Waals surface area (Å²) in [5.41, 5.74) is 1.10. The number of hydrogen-bond acceptors (Lipinski definition) is 4. The minimum Gasteiger partial charge on any atom is -0.247 e. The summed E-state index contributed by atoms with van der Waals surface area (Å²) < 4.78 is 0. The van der Waals surface area contributed by atoms with E-state index in [1.54, 1.807) is 11.3 Å². The lowest BCUT2D eigenvalue weighted by atomic mass is 10.3. The maximum Gasteiger partial charge on any atom is 0.0897 e. The van der Waals surface area contributed by atoms with Gasteiger partial charge in [0.1, 0.15) is 0 Å². The number of nitrogens with zero attached hydrogens (tertiary/aromatic N) is 2. The third kappa shape index (κ3) is 2.89. The number of aliphatic imine (C=N–C) groups is 1. The SMILES string of the molecule is Cc1nc(CCN=C=S)cs1. The van der Waals surface area contributed by atoms with Crippen LogP contribution in [0.5, 0.6) is 0 Å². The number of isothiocyanates is 1. The van der Waals surface area contributed by atoms with E-state index in [0.717, 1.165) is 17.1 Å². The van der Waals surface area contributed by atoms with E-state index in [9.17, 15) is 0 Å². The molecule has 0 saturated heterocycles. The Morgan fingerprint density at radius 1 is 1.82 bits per heavy atom. The molecule has 1 rings (SSSR count). The van der Waals surface area contributed by atoms with Crippen LogP contribution in [0.15, 0.2) is 10.4 Å². The first kappa shape index (κ1) is 8.53. The fraction of sp³-hybridized carbons (Fsp3) is 0.429. The molecule has 0 radical (unpaired) electrons. The summed E-state index contributed by atoms with van der Waals surface area (Å²) >= 11 is 6.10. The third-order valence-corrected chi connectivity index (χ3v) is 2.16. The lowest BCUT2D eigenvalue weighted by molar-refractivity contribution is 0.935. The third-order valence-electron chi connectivity index (χ3n) is 1.21. The molecular formula is C7H8N2S2. The number of thiocarbonyl (C=S) groups is 1. The van der Waals surface area contributed by atoms with Gasteiger partial charge in [-0.15, -0.1) is 11.3 Å². The van der Waals surface area contributed by atoms with Gasteiger partial charge in [0.2, 0.25) is 0 Å². The minimum absolute atomic E-state index is 0.701. The zero-order valence-electron chi connectivity index (χ0n) is 6.20. The minimum atomic E-state index is 0.701. The lowest BCUT2D eigenvalue weighted by Crippen LogP contribution is -1.88. The van der Waals surface area contributed by atoms with Crippen molar-refractivity contribution in [1.29, 1.82) is 0 Å². The normalized spacial score (nSPS) is 9.18. The average Bonchev–Trinajstić information content (AvgIpc) is 2.37. The predicted molar refractivity (Wildman–Crippen MR) is 50.4 cm³/mol. The van der Waals surface area contributed by atoms with E-state index in [-0.39, 0.29) is 0 Å². The van der Waals surface area contributed by atoms with Gasteiger partial charge in [0.05, 0.1) is 22.4 Å². The first-order valence-corrected chi connectivity index (χ1v) is 4.56. The molecule has 0 saturated carbocycles. The van der Waals surface area contributed by atoms with E-state index in [1.165, 1.54) is 0 Å². The van der Waals surface area contributed by atoms with Crippen LogP contribution in [0.25, 0.3) is 0 Å². The smallest absolute Gasteiger partial charge is 0.0897 e. The topological polar surface area (TPSA) is 25.2 Å². The quantitative estimate of drug-likeness (QED) is 0.531. The van der Waals surface area contributed by atoms with E-state index in [1.807, 2.05) is 12.3 Å². The van der Waals surface area contributed by atoms with Crippen LogP contribution in [-0.4, -0.2) is 16.7 Å². The highest BCUT2D eigenvalue weighted by Gasteiger charge is 1.95. The van der Waals surface area contributed by atoms with Crippen LogP contribution >= 0.6 is 23.6 Å². The van der Waals surface area contributed by atoms with Crippen molar-refractivity contribution in [2.45, 2.75) is 13.3 Å². The fourth-order valence-electron chi connectivity index (χ4n) is 0.739. The molecule has 11 heavy (non-hydrogen) atoms. The maximum atomic E-state index is 4.44. The molecule has 0 fully saturated rings. The van der Waals surface area contributed by atoms with Crippen LogP contribution in [0.2, 0.25) is 0 Å². The van der Waals surface area contributed by atoms with Gasteiger partial charge >= 0.3 is 0 Å². The van der Waals surface area contributed by atoms with Crippen LogP contribution in [0.3, 0.4) is 0 Å². The monoisotopic (exact) mass is 184 g/mol. The summed E-state index contributed by atoms with van der Waals surface area (Å²) in [6, 6.07) is 0. The van der Waals surface area contributed by atoms with Gasteiger partial charge in [0, 0.05) is 11.8 Å². The zero-order chi connectivity index (χ0) is 8.10. The molecule has 0 bridgehead atoms. The molecule has 0 spiro atoms. The molecular weight excluding hydrogens is 176 g/mol. The van der Waals surface area contributed by atoms with E-state index < -0.39 is 0 Å². The molecule has 0 atom stereocenters. The van der Waals surface area contributed by atoms with E-state index in [0.29, 0.717) is 6.54 Å². The van der Waals surface area contributed by atoms with Crippen molar-refractivity contribution < 1.29 is 0 Å². The molecule has 1 aromatic heterocycles. The van der Waals surface area contributed by atoms with Gasteiger partial charge in [0.15, 0.2) is 0 Å². The van der Waals surface area contributed by atoms with Crippen molar-refractivity contribution in [2.75, 3.05) is 6.54 Å². The Balaban J connectivity index is 2.44. The van der Waals surface area contributed by atoms with Crippen molar-refractivity contribution in [2.24, 2.45) is 4.99 Å². The summed E-state index contributed by atoms with van der Waals surface area (Å²) in [5, 5.41) is 5.48. The Hall–Kier alpha value is -0.570. The first-order valence-electron chi connectivity index (χ1n) is 3.27. The van der Waals surface area contributed by atoms with Crippen LogP contribution in [-0.2, 0) is 6.42 Å². The predicted octanol–water partition coefficient (Wildman–Crippen LogP) is 2.10. The number of hydrogen-bond donors (Lipinski definition) is 0. The molecule has 0 unspecified atom stereocenters. The van der Waals surface area contributed by atoms with Crippen molar-refractivity contribution in [3.8, 4) is 0 Å². The van der Waals surface area contributed by atoms with E-state index in [2.05, 4.69) is 27.4 Å². The standard InChI is InChI=1S/C7H8N2S2/c1-6-9-7(4-11-6)2-3-8-5-10/h4H,2-3H2,1H3. The average molecular weight is 184 g/mol. The van der Waals surface area contributed by atoms with Crippen LogP contribution in [0, 0.1) is 6.92 Å². The molecule has 58 valence electrons. The molecule has 4 heteroatoms. The number of rotatable bonds is 3. The van der Waals surface area contributed by atoms with Crippen LogP contribution < -0.4 is 0 Å². The fourth-order valence-corrected chi connectivity index (χ4v) is 1.48. The Bertz CT molecular complexity index is 274. The Labute approximate surface area is 75.0 Å². The number of aromatic nitrogens is 1. The summed E-state index contributed by atoms with van der Waals surface area (Å²) in [6.45, 7) is 2.70. The van der Waals surface area contributed by atoms with Crippen LogP contribution in [0.1, 0.15) is 10.7 Å². The van der Waals surface area contributed by atoms with Crippen molar-refractivity contribution in [1.82, 2.24) is 4.98 Å². The van der Waals surface area contributed by atoms with Gasteiger partial charge in [-0.2, -0.15) is 0 Å². The van der Waals surface area contributed by atoms with Crippen molar-refractivity contribution >= 4 is 28.7 Å². The second-order valence-corrected chi connectivity index (χ2v) is 3.33. The van der Waals surface area contributed by atoms with Crippen molar-refractivity contribution in [3.05, 3.63) is 16.1 Å². The Morgan fingerprint density at radius 2 is 2.64 bits per heavy atom. The molecule has 0 N–H and O–H groups in total. The Kier molecular flexibility index (Phi) is 3.36. The molecule has 0 aliphatic rings.